The highest BCUT2D eigenvalue weighted by Gasteiger charge is 2.40. The number of nitrogens with zero attached hydrogens (tertiary/aromatic N) is 1. The van der Waals surface area contributed by atoms with Crippen molar-refractivity contribution in [3.8, 4) is 11.5 Å². The quantitative estimate of drug-likeness (QED) is 0.639. The molecule has 31 heavy (non-hydrogen) atoms. The van der Waals surface area contributed by atoms with Crippen LogP contribution in [0.4, 0.5) is 0 Å². The number of amides is 2. The van der Waals surface area contributed by atoms with E-state index in [-0.39, 0.29) is 31.9 Å². The Balaban J connectivity index is 1.66. The van der Waals surface area contributed by atoms with Gasteiger partial charge in [0.05, 0.1) is 32.6 Å². The smallest absolute Gasteiger partial charge is 0.227 e. The van der Waals surface area contributed by atoms with Crippen LogP contribution in [0.15, 0.2) is 48.5 Å². The minimum Gasteiger partial charge on any atom is -0.494 e. The standard InChI is InChI=1S/C23H27ClN2O5/c1-2-29-19-7-3-17(4-8-19)13-22(28)26-11-12-31-23(15-26,14-21(25)27)16-30-20-9-5-18(24)6-10-20/h3-10H,2,11-16H2,1H3,(H2,25,27)/t23-/m0/s1. The van der Waals surface area contributed by atoms with E-state index in [4.69, 9.17) is 31.5 Å². The molecule has 0 radical (unpaired) electrons. The molecule has 8 heteroatoms. The first-order chi connectivity index (χ1) is 14.9. The van der Waals surface area contributed by atoms with Crippen molar-refractivity contribution < 1.29 is 23.8 Å². The summed E-state index contributed by atoms with van der Waals surface area (Å²) in [6, 6.07) is 14.4. The Morgan fingerprint density at radius 1 is 1.10 bits per heavy atom. The maximum atomic E-state index is 12.9. The van der Waals surface area contributed by atoms with Crippen LogP contribution in [0, 0.1) is 0 Å². The van der Waals surface area contributed by atoms with Crippen LogP contribution in [0.5, 0.6) is 11.5 Å². The molecule has 0 unspecified atom stereocenters. The summed E-state index contributed by atoms with van der Waals surface area (Å²) < 4.78 is 17.2. The third-order valence-electron chi connectivity index (χ3n) is 5.00. The van der Waals surface area contributed by atoms with E-state index in [1.165, 1.54) is 0 Å². The van der Waals surface area contributed by atoms with Crippen molar-refractivity contribution in [2.24, 2.45) is 5.73 Å². The highest BCUT2D eigenvalue weighted by molar-refractivity contribution is 6.30. The number of rotatable bonds is 9. The van der Waals surface area contributed by atoms with Crippen molar-refractivity contribution >= 4 is 23.4 Å². The summed E-state index contributed by atoms with van der Waals surface area (Å²) >= 11 is 5.91. The van der Waals surface area contributed by atoms with Crippen molar-refractivity contribution in [1.29, 1.82) is 0 Å². The number of hydrogen-bond acceptors (Lipinski definition) is 5. The first-order valence-corrected chi connectivity index (χ1v) is 10.6. The summed E-state index contributed by atoms with van der Waals surface area (Å²) in [7, 11) is 0. The molecule has 1 saturated heterocycles. The van der Waals surface area contributed by atoms with E-state index in [1.54, 1.807) is 29.2 Å². The first-order valence-electron chi connectivity index (χ1n) is 10.2. The number of hydrogen-bond donors (Lipinski definition) is 1. The Bertz CT molecular complexity index is 888. The summed E-state index contributed by atoms with van der Waals surface area (Å²) in [6.07, 6.45) is 0.199. The number of halogens is 1. The van der Waals surface area contributed by atoms with Crippen LogP contribution in [-0.4, -0.2) is 55.2 Å². The number of carbonyl (C=O) groups is 2. The van der Waals surface area contributed by atoms with Crippen molar-refractivity contribution in [2.45, 2.75) is 25.4 Å². The van der Waals surface area contributed by atoms with E-state index in [2.05, 4.69) is 0 Å². The van der Waals surface area contributed by atoms with Gasteiger partial charge in [-0.2, -0.15) is 0 Å². The molecule has 1 atom stereocenters. The second kappa shape index (κ2) is 10.5. The summed E-state index contributed by atoms with van der Waals surface area (Å²) in [5, 5.41) is 0.596. The van der Waals surface area contributed by atoms with Gasteiger partial charge in [0.2, 0.25) is 11.8 Å². The van der Waals surface area contributed by atoms with E-state index < -0.39 is 11.5 Å². The zero-order valence-electron chi connectivity index (χ0n) is 17.5. The third kappa shape index (κ3) is 6.60. The Kier molecular flexibility index (Phi) is 7.76. The second-order valence-corrected chi connectivity index (χ2v) is 7.92. The predicted molar refractivity (Wildman–Crippen MR) is 117 cm³/mol. The largest absolute Gasteiger partial charge is 0.494 e. The van der Waals surface area contributed by atoms with Gasteiger partial charge >= 0.3 is 0 Å². The normalized spacial score (nSPS) is 18.5. The summed E-state index contributed by atoms with van der Waals surface area (Å²) in [6.45, 7) is 3.56. The van der Waals surface area contributed by atoms with E-state index >= 15 is 0 Å². The highest BCUT2D eigenvalue weighted by Crippen LogP contribution is 2.25. The minimum absolute atomic E-state index is 0.0482. The fourth-order valence-corrected chi connectivity index (χ4v) is 3.65. The van der Waals surface area contributed by atoms with Crippen LogP contribution >= 0.6 is 11.6 Å². The molecule has 2 amide bonds. The number of nitrogens with two attached hydrogens (primary N) is 1. The zero-order chi connectivity index (χ0) is 22.3. The molecule has 2 aromatic rings. The maximum Gasteiger partial charge on any atom is 0.227 e. The van der Waals surface area contributed by atoms with Gasteiger partial charge in [0.15, 0.2) is 0 Å². The molecule has 0 spiro atoms. The molecule has 2 aromatic carbocycles. The molecular formula is C23H27ClN2O5. The van der Waals surface area contributed by atoms with Crippen LogP contribution in [0.1, 0.15) is 18.9 Å². The Morgan fingerprint density at radius 2 is 1.74 bits per heavy atom. The fourth-order valence-electron chi connectivity index (χ4n) is 3.52. The van der Waals surface area contributed by atoms with Gasteiger partial charge < -0.3 is 24.8 Å². The van der Waals surface area contributed by atoms with E-state index in [0.717, 1.165) is 11.3 Å². The van der Waals surface area contributed by atoms with Crippen LogP contribution < -0.4 is 15.2 Å². The van der Waals surface area contributed by atoms with Crippen LogP contribution in [0.2, 0.25) is 5.02 Å². The van der Waals surface area contributed by atoms with Crippen molar-refractivity contribution in [3.63, 3.8) is 0 Å². The van der Waals surface area contributed by atoms with E-state index in [9.17, 15) is 9.59 Å². The predicted octanol–water partition coefficient (Wildman–Crippen LogP) is 2.83. The lowest BCUT2D eigenvalue weighted by Crippen LogP contribution is -2.58. The number of carbonyl (C=O) groups excluding carboxylic acids is 2. The first kappa shape index (κ1) is 22.9. The average molecular weight is 447 g/mol. The van der Waals surface area contributed by atoms with Crippen LogP contribution in [-0.2, 0) is 20.7 Å². The average Bonchev–Trinajstić information content (AvgIpc) is 2.75. The summed E-state index contributed by atoms with van der Waals surface area (Å²) in [5.74, 6) is 0.799. The van der Waals surface area contributed by atoms with Gasteiger partial charge in [-0.3, -0.25) is 9.59 Å². The monoisotopic (exact) mass is 446 g/mol. The number of ether oxygens (including phenoxy) is 3. The lowest BCUT2D eigenvalue weighted by Gasteiger charge is -2.42. The van der Waals surface area contributed by atoms with Crippen molar-refractivity contribution in [1.82, 2.24) is 4.90 Å². The Labute approximate surface area is 187 Å². The second-order valence-electron chi connectivity index (χ2n) is 7.49. The maximum absolute atomic E-state index is 12.9. The van der Waals surface area contributed by atoms with Gasteiger partial charge in [-0.05, 0) is 48.9 Å². The molecule has 1 aliphatic heterocycles. The number of benzene rings is 2. The third-order valence-corrected chi connectivity index (χ3v) is 5.25. The molecule has 0 aliphatic carbocycles. The number of morpholine rings is 1. The molecule has 0 aromatic heterocycles. The highest BCUT2D eigenvalue weighted by atomic mass is 35.5. The van der Waals surface area contributed by atoms with Crippen molar-refractivity contribution in [2.75, 3.05) is 32.9 Å². The van der Waals surface area contributed by atoms with Gasteiger partial charge in [0, 0.05) is 11.6 Å². The molecule has 166 valence electrons. The molecule has 2 N–H and O–H groups in total. The Hall–Kier alpha value is -2.77. The molecule has 1 aliphatic rings. The van der Waals surface area contributed by atoms with Gasteiger partial charge in [0.25, 0.3) is 0 Å². The lowest BCUT2D eigenvalue weighted by molar-refractivity contribution is -0.161. The van der Waals surface area contributed by atoms with Crippen LogP contribution in [0.25, 0.3) is 0 Å². The summed E-state index contributed by atoms with van der Waals surface area (Å²) in [4.78, 5) is 26.4. The van der Waals surface area contributed by atoms with E-state index in [1.807, 2.05) is 31.2 Å². The zero-order valence-corrected chi connectivity index (χ0v) is 18.3. The van der Waals surface area contributed by atoms with Gasteiger partial charge in [0.1, 0.15) is 23.7 Å². The molecular weight excluding hydrogens is 420 g/mol. The SMILES string of the molecule is CCOc1ccc(CC(=O)N2CCO[C@@](COc3ccc(Cl)cc3)(CC(N)=O)C2)cc1. The minimum atomic E-state index is -1.00. The van der Waals surface area contributed by atoms with Gasteiger partial charge in [-0.1, -0.05) is 23.7 Å². The van der Waals surface area contributed by atoms with Crippen LogP contribution in [0.3, 0.4) is 0 Å². The number of primary amides is 1. The molecule has 7 nitrogen and oxygen atoms in total. The van der Waals surface area contributed by atoms with Gasteiger partial charge in [-0.25, -0.2) is 0 Å². The van der Waals surface area contributed by atoms with Gasteiger partial charge in [-0.15, -0.1) is 0 Å². The molecule has 3 rings (SSSR count). The fraction of sp³-hybridized carbons (Fsp3) is 0.391. The molecule has 1 fully saturated rings. The van der Waals surface area contributed by atoms with Crippen molar-refractivity contribution in [3.05, 3.63) is 59.1 Å². The molecule has 0 bridgehead atoms. The van der Waals surface area contributed by atoms with E-state index in [0.29, 0.717) is 30.5 Å². The Morgan fingerprint density at radius 3 is 2.39 bits per heavy atom. The lowest BCUT2D eigenvalue weighted by atomic mass is 9.97. The topological polar surface area (TPSA) is 91.1 Å². The molecule has 0 saturated carbocycles. The summed E-state index contributed by atoms with van der Waals surface area (Å²) in [5.41, 5.74) is 5.36. The molecule has 1 heterocycles.